The number of benzene rings is 1. The summed E-state index contributed by atoms with van der Waals surface area (Å²) in [5.74, 6) is 0.254. The van der Waals surface area contributed by atoms with E-state index in [4.69, 9.17) is 4.74 Å². The van der Waals surface area contributed by atoms with Crippen molar-refractivity contribution in [2.75, 3.05) is 33.4 Å². The molecule has 162 valence electrons. The topological polar surface area (TPSA) is 77.4 Å². The number of piperidine rings is 1. The van der Waals surface area contributed by atoms with E-state index in [1.54, 1.807) is 19.2 Å². The lowest BCUT2D eigenvalue weighted by Gasteiger charge is -2.23. The summed E-state index contributed by atoms with van der Waals surface area (Å²) in [5, 5.41) is 15.7. The molecule has 1 saturated carbocycles. The molecular weight excluding hydrogens is 383 g/mol. The average Bonchev–Trinajstić information content (AvgIpc) is 3.50. The van der Waals surface area contributed by atoms with Crippen molar-refractivity contribution in [1.29, 1.82) is 5.26 Å². The second-order valence-electron chi connectivity index (χ2n) is 8.94. The number of nitrogens with one attached hydrogen (secondary N) is 2. The third-order valence-corrected chi connectivity index (χ3v) is 6.97. The van der Waals surface area contributed by atoms with Crippen molar-refractivity contribution in [3.8, 4) is 6.07 Å². The van der Waals surface area contributed by atoms with E-state index < -0.39 is 6.04 Å². The summed E-state index contributed by atoms with van der Waals surface area (Å²) in [6, 6.07) is 6.96. The molecule has 1 aromatic carbocycles. The molecule has 1 aliphatic carbocycles. The summed E-state index contributed by atoms with van der Waals surface area (Å²) in [5.41, 5.74) is 1.47. The fourth-order valence-corrected chi connectivity index (χ4v) is 5.27. The van der Waals surface area contributed by atoms with E-state index in [-0.39, 0.29) is 24.2 Å². The van der Waals surface area contributed by atoms with Crippen LogP contribution in [-0.4, -0.2) is 62.3 Å². The number of nitrogens with zero attached hydrogens (tertiary/aromatic N) is 2. The third-order valence-electron chi connectivity index (χ3n) is 6.97. The average molecular weight is 415 g/mol. The van der Waals surface area contributed by atoms with Crippen LogP contribution in [0.4, 0.5) is 4.39 Å². The van der Waals surface area contributed by atoms with Crippen molar-refractivity contribution in [2.24, 2.45) is 5.92 Å². The van der Waals surface area contributed by atoms with Crippen LogP contribution in [0.2, 0.25) is 0 Å². The molecule has 0 aromatic heterocycles. The summed E-state index contributed by atoms with van der Waals surface area (Å²) in [7, 11) is 1.70. The van der Waals surface area contributed by atoms with Gasteiger partial charge in [-0.05, 0) is 61.3 Å². The third kappa shape index (κ3) is 4.66. The van der Waals surface area contributed by atoms with E-state index in [1.165, 1.54) is 0 Å². The fraction of sp³-hybridized carbons (Fsp3) is 0.652. The van der Waals surface area contributed by atoms with Gasteiger partial charge in [-0.1, -0.05) is 12.1 Å². The Morgan fingerprint density at radius 2 is 2.30 bits per heavy atom. The van der Waals surface area contributed by atoms with Crippen LogP contribution in [0.5, 0.6) is 0 Å². The molecule has 2 N–H and O–H groups in total. The molecule has 2 aliphatic heterocycles. The molecule has 2 saturated heterocycles. The number of hydrogen-bond acceptors (Lipinski definition) is 5. The van der Waals surface area contributed by atoms with E-state index in [2.05, 4.69) is 21.6 Å². The monoisotopic (exact) mass is 414 g/mol. The summed E-state index contributed by atoms with van der Waals surface area (Å²) in [6.45, 7) is 3.51. The van der Waals surface area contributed by atoms with Crippen LogP contribution in [0.3, 0.4) is 0 Å². The SMILES string of the molecule is COCCN1CCC(c2ccc(C[C@@H](C#N)NC(=O)[C@H]3N[C@@H]4CC[C@H]3C4)c(F)c2)C1. The van der Waals surface area contributed by atoms with Gasteiger partial charge in [0.25, 0.3) is 0 Å². The largest absolute Gasteiger partial charge is 0.383 e. The first-order chi connectivity index (χ1) is 14.6. The first-order valence-corrected chi connectivity index (χ1v) is 11.0. The molecule has 2 bridgehead atoms. The molecular formula is C23H31FN4O2. The summed E-state index contributed by atoms with van der Waals surface area (Å²) in [6.07, 6.45) is 4.41. The highest BCUT2D eigenvalue weighted by Gasteiger charge is 2.43. The smallest absolute Gasteiger partial charge is 0.238 e. The molecule has 4 rings (SSSR count). The van der Waals surface area contributed by atoms with E-state index in [1.807, 2.05) is 6.07 Å². The molecule has 5 atom stereocenters. The molecule has 3 aliphatic rings. The van der Waals surface area contributed by atoms with Crippen molar-refractivity contribution < 1.29 is 13.9 Å². The van der Waals surface area contributed by atoms with Crippen LogP contribution in [0.1, 0.15) is 42.7 Å². The van der Waals surface area contributed by atoms with Crippen molar-refractivity contribution in [1.82, 2.24) is 15.5 Å². The number of carbonyl (C=O) groups is 1. The highest BCUT2D eigenvalue weighted by molar-refractivity contribution is 5.83. The van der Waals surface area contributed by atoms with Crippen LogP contribution in [0.15, 0.2) is 18.2 Å². The van der Waals surface area contributed by atoms with Gasteiger partial charge in [0, 0.05) is 32.7 Å². The Hall–Kier alpha value is -2.01. The molecule has 3 fully saturated rings. The molecule has 6 nitrogen and oxygen atoms in total. The second-order valence-corrected chi connectivity index (χ2v) is 8.94. The number of rotatable bonds is 8. The zero-order valence-corrected chi connectivity index (χ0v) is 17.6. The van der Waals surface area contributed by atoms with Crippen LogP contribution in [-0.2, 0) is 16.0 Å². The maximum absolute atomic E-state index is 14.8. The Labute approximate surface area is 177 Å². The molecule has 0 radical (unpaired) electrons. The standard InChI is InChI=1S/C23H31FN4O2/c1-30-9-8-28-7-6-18(14-28)15-2-3-16(21(24)12-15)10-20(13-25)27-23(29)22-17-4-5-19(11-17)26-22/h2-3,12,17-20,22,26H,4-11,14H2,1H3,(H,27,29)/t17-,18?,19+,20-,22-/m0/s1. The lowest BCUT2D eigenvalue weighted by Crippen LogP contribution is -2.50. The van der Waals surface area contributed by atoms with Crippen LogP contribution < -0.4 is 10.6 Å². The van der Waals surface area contributed by atoms with E-state index >= 15 is 0 Å². The Kier molecular flexibility index (Phi) is 6.67. The van der Waals surface area contributed by atoms with Crippen LogP contribution >= 0.6 is 0 Å². The number of carbonyl (C=O) groups excluding carboxylic acids is 1. The van der Waals surface area contributed by atoms with Gasteiger partial charge < -0.3 is 20.3 Å². The minimum Gasteiger partial charge on any atom is -0.383 e. The fourth-order valence-electron chi connectivity index (χ4n) is 5.27. The minimum absolute atomic E-state index is 0.132. The number of amides is 1. The Morgan fingerprint density at radius 3 is 2.97 bits per heavy atom. The van der Waals surface area contributed by atoms with Gasteiger partial charge in [0.2, 0.25) is 5.91 Å². The van der Waals surface area contributed by atoms with Gasteiger partial charge in [-0.2, -0.15) is 5.26 Å². The van der Waals surface area contributed by atoms with Gasteiger partial charge in [0.05, 0.1) is 18.7 Å². The summed E-state index contributed by atoms with van der Waals surface area (Å²) >= 11 is 0. The molecule has 2 heterocycles. The number of fused-ring (bicyclic) bond motifs is 2. The second kappa shape index (κ2) is 9.42. The maximum Gasteiger partial charge on any atom is 0.238 e. The van der Waals surface area contributed by atoms with Crippen molar-refractivity contribution in [3.05, 3.63) is 35.1 Å². The van der Waals surface area contributed by atoms with Gasteiger partial charge in [0.15, 0.2) is 0 Å². The normalized spacial score (nSPS) is 29.1. The zero-order chi connectivity index (χ0) is 21.1. The van der Waals surface area contributed by atoms with Crippen LogP contribution in [0.25, 0.3) is 0 Å². The highest BCUT2D eigenvalue weighted by atomic mass is 19.1. The van der Waals surface area contributed by atoms with Gasteiger partial charge in [-0.25, -0.2) is 4.39 Å². The van der Waals surface area contributed by atoms with Crippen LogP contribution in [0, 0.1) is 23.1 Å². The van der Waals surface area contributed by atoms with Gasteiger partial charge >= 0.3 is 0 Å². The van der Waals surface area contributed by atoms with E-state index in [9.17, 15) is 14.4 Å². The molecule has 1 aromatic rings. The lowest BCUT2D eigenvalue weighted by atomic mass is 9.95. The zero-order valence-electron chi connectivity index (χ0n) is 17.6. The number of methoxy groups -OCH3 is 1. The van der Waals surface area contributed by atoms with Crippen molar-refractivity contribution >= 4 is 5.91 Å². The predicted molar refractivity (Wildman–Crippen MR) is 111 cm³/mol. The number of likely N-dealkylation sites (tertiary alicyclic amines) is 1. The highest BCUT2D eigenvalue weighted by Crippen LogP contribution is 2.35. The number of ether oxygens (including phenoxy) is 1. The number of halogens is 1. The van der Waals surface area contributed by atoms with Gasteiger partial charge in [0.1, 0.15) is 11.9 Å². The van der Waals surface area contributed by atoms with Crippen molar-refractivity contribution in [3.63, 3.8) is 0 Å². The molecule has 0 spiro atoms. The Morgan fingerprint density at radius 1 is 1.43 bits per heavy atom. The number of hydrogen-bond donors (Lipinski definition) is 2. The summed E-state index contributed by atoms with van der Waals surface area (Å²) in [4.78, 5) is 14.9. The summed E-state index contributed by atoms with van der Waals surface area (Å²) < 4.78 is 19.9. The van der Waals surface area contributed by atoms with Gasteiger partial charge in [-0.15, -0.1) is 0 Å². The first-order valence-electron chi connectivity index (χ1n) is 11.0. The van der Waals surface area contributed by atoms with E-state index in [0.29, 0.717) is 30.0 Å². The molecule has 30 heavy (non-hydrogen) atoms. The lowest BCUT2D eigenvalue weighted by molar-refractivity contribution is -0.124. The van der Waals surface area contributed by atoms with Crippen molar-refractivity contribution in [2.45, 2.75) is 56.1 Å². The minimum atomic E-state index is -0.727. The molecule has 1 amide bonds. The van der Waals surface area contributed by atoms with E-state index in [0.717, 1.165) is 50.9 Å². The first kappa shape index (κ1) is 21.2. The Bertz CT molecular complexity index is 811. The quantitative estimate of drug-likeness (QED) is 0.680. The number of nitriles is 1. The predicted octanol–water partition coefficient (Wildman–Crippen LogP) is 1.95. The molecule has 1 unspecified atom stereocenters. The maximum atomic E-state index is 14.8. The Balaban J connectivity index is 1.33. The molecule has 7 heteroatoms. The van der Waals surface area contributed by atoms with Gasteiger partial charge in [-0.3, -0.25) is 4.79 Å².